The molecule has 0 saturated carbocycles. The average Bonchev–Trinajstić information content (AvgIpc) is 2.75. The second kappa shape index (κ2) is 4.65. The predicted octanol–water partition coefficient (Wildman–Crippen LogP) is 2.13. The van der Waals surface area contributed by atoms with E-state index >= 15 is 0 Å². The van der Waals surface area contributed by atoms with E-state index in [2.05, 4.69) is 19.4 Å². The Morgan fingerprint density at radius 3 is 2.72 bits per heavy atom. The van der Waals surface area contributed by atoms with Crippen molar-refractivity contribution >= 4 is 0 Å². The minimum atomic E-state index is -4.76. The third-order valence-corrected chi connectivity index (χ3v) is 1.93. The van der Waals surface area contributed by atoms with Crippen LogP contribution in [-0.2, 0) is 6.61 Å². The Kier molecular flexibility index (Phi) is 3.19. The summed E-state index contributed by atoms with van der Waals surface area (Å²) < 4.78 is 44.5. The van der Waals surface area contributed by atoms with Gasteiger partial charge in [0.1, 0.15) is 12.4 Å². The molecule has 1 N–H and O–H groups in total. The minimum absolute atomic E-state index is 0.0212. The zero-order valence-electron chi connectivity index (χ0n) is 8.81. The molecule has 1 aromatic heterocycles. The van der Waals surface area contributed by atoms with Crippen molar-refractivity contribution in [1.29, 1.82) is 0 Å². The summed E-state index contributed by atoms with van der Waals surface area (Å²) in [6, 6.07) is 5.14. The summed E-state index contributed by atoms with van der Waals surface area (Å²) in [5.41, 5.74) is 0.292. The SMILES string of the molecule is OCc1nc(-c2cccc(OC(F)(F)F)c2)no1. The Bertz CT molecular complexity index is 539. The number of hydrogen-bond donors (Lipinski definition) is 1. The highest BCUT2D eigenvalue weighted by molar-refractivity contribution is 5.56. The van der Waals surface area contributed by atoms with Gasteiger partial charge < -0.3 is 14.4 Å². The lowest BCUT2D eigenvalue weighted by atomic mass is 10.2. The van der Waals surface area contributed by atoms with Crippen molar-refractivity contribution in [2.24, 2.45) is 0 Å². The average molecular weight is 260 g/mol. The van der Waals surface area contributed by atoms with Gasteiger partial charge in [-0.3, -0.25) is 0 Å². The van der Waals surface area contributed by atoms with Crippen LogP contribution in [-0.4, -0.2) is 21.6 Å². The van der Waals surface area contributed by atoms with Gasteiger partial charge in [-0.25, -0.2) is 0 Å². The standard InChI is InChI=1S/C10H7F3N2O3/c11-10(12,13)17-7-3-1-2-6(4-7)9-14-8(5-16)18-15-9/h1-4,16H,5H2. The number of nitrogens with zero attached hydrogens (tertiary/aromatic N) is 2. The van der Waals surface area contributed by atoms with Crippen LogP contribution in [0.5, 0.6) is 5.75 Å². The van der Waals surface area contributed by atoms with E-state index in [4.69, 9.17) is 5.11 Å². The van der Waals surface area contributed by atoms with Crippen LogP contribution in [0, 0.1) is 0 Å². The molecule has 0 aliphatic carbocycles. The first kappa shape index (κ1) is 12.4. The Morgan fingerprint density at radius 2 is 2.11 bits per heavy atom. The third-order valence-electron chi connectivity index (χ3n) is 1.93. The molecule has 96 valence electrons. The maximum Gasteiger partial charge on any atom is 0.573 e. The molecule has 0 unspecified atom stereocenters. The fourth-order valence-corrected chi connectivity index (χ4v) is 1.27. The molecule has 18 heavy (non-hydrogen) atoms. The lowest BCUT2D eigenvalue weighted by Gasteiger charge is -2.08. The Labute approximate surface area is 98.8 Å². The second-order valence-electron chi connectivity index (χ2n) is 3.25. The normalized spacial score (nSPS) is 11.6. The van der Waals surface area contributed by atoms with Crippen LogP contribution >= 0.6 is 0 Å². The third kappa shape index (κ3) is 2.98. The number of hydrogen-bond acceptors (Lipinski definition) is 5. The van der Waals surface area contributed by atoms with Crippen LogP contribution < -0.4 is 4.74 Å². The minimum Gasteiger partial charge on any atom is -0.406 e. The van der Waals surface area contributed by atoms with Crippen molar-refractivity contribution in [3.05, 3.63) is 30.2 Å². The monoisotopic (exact) mass is 260 g/mol. The van der Waals surface area contributed by atoms with Crippen LogP contribution in [0.15, 0.2) is 28.8 Å². The smallest absolute Gasteiger partial charge is 0.406 e. The summed E-state index contributed by atoms with van der Waals surface area (Å²) >= 11 is 0. The first-order chi connectivity index (χ1) is 8.48. The molecule has 1 heterocycles. The Hall–Kier alpha value is -2.09. The van der Waals surface area contributed by atoms with E-state index in [1.807, 2.05) is 0 Å². The van der Waals surface area contributed by atoms with E-state index in [0.717, 1.165) is 12.1 Å². The molecule has 0 radical (unpaired) electrons. The summed E-state index contributed by atoms with van der Waals surface area (Å²) in [6.07, 6.45) is -4.76. The van der Waals surface area contributed by atoms with Gasteiger partial charge in [0.2, 0.25) is 5.82 Å². The van der Waals surface area contributed by atoms with Gasteiger partial charge in [0.15, 0.2) is 0 Å². The molecule has 0 fully saturated rings. The van der Waals surface area contributed by atoms with Crippen molar-refractivity contribution in [1.82, 2.24) is 10.1 Å². The van der Waals surface area contributed by atoms with E-state index < -0.39 is 13.0 Å². The van der Waals surface area contributed by atoms with Gasteiger partial charge in [0, 0.05) is 5.56 Å². The Morgan fingerprint density at radius 1 is 1.33 bits per heavy atom. The number of aromatic nitrogens is 2. The highest BCUT2D eigenvalue weighted by atomic mass is 19.4. The second-order valence-corrected chi connectivity index (χ2v) is 3.25. The van der Waals surface area contributed by atoms with Gasteiger partial charge in [0.05, 0.1) is 0 Å². The fraction of sp³-hybridized carbons (Fsp3) is 0.200. The van der Waals surface area contributed by atoms with E-state index in [0.29, 0.717) is 5.56 Å². The van der Waals surface area contributed by atoms with Crippen LogP contribution in [0.4, 0.5) is 13.2 Å². The largest absolute Gasteiger partial charge is 0.573 e. The molecule has 0 aliphatic rings. The van der Waals surface area contributed by atoms with Crippen molar-refractivity contribution in [2.45, 2.75) is 13.0 Å². The summed E-state index contributed by atoms with van der Waals surface area (Å²) in [6.45, 7) is -0.439. The fourth-order valence-electron chi connectivity index (χ4n) is 1.27. The molecule has 0 spiro atoms. The van der Waals surface area contributed by atoms with Crippen molar-refractivity contribution < 1.29 is 27.5 Å². The molecule has 0 bridgehead atoms. The lowest BCUT2D eigenvalue weighted by Crippen LogP contribution is -2.17. The van der Waals surface area contributed by atoms with Gasteiger partial charge in [-0.2, -0.15) is 4.98 Å². The highest BCUT2D eigenvalue weighted by Gasteiger charge is 2.31. The number of aliphatic hydroxyl groups is 1. The first-order valence-electron chi connectivity index (χ1n) is 4.77. The van der Waals surface area contributed by atoms with Crippen LogP contribution in [0.25, 0.3) is 11.4 Å². The quantitative estimate of drug-likeness (QED) is 0.915. The van der Waals surface area contributed by atoms with Gasteiger partial charge in [-0.15, -0.1) is 13.2 Å². The zero-order chi connectivity index (χ0) is 13.2. The lowest BCUT2D eigenvalue weighted by molar-refractivity contribution is -0.274. The predicted molar refractivity (Wildman–Crippen MR) is 52.3 cm³/mol. The van der Waals surface area contributed by atoms with Crippen molar-refractivity contribution in [2.75, 3.05) is 0 Å². The maximum atomic E-state index is 12.0. The zero-order valence-corrected chi connectivity index (χ0v) is 8.81. The number of alkyl halides is 3. The summed E-state index contributed by atoms with van der Waals surface area (Å²) in [5.74, 6) is -0.325. The number of halogens is 3. The summed E-state index contributed by atoms with van der Waals surface area (Å²) in [7, 11) is 0. The first-order valence-corrected chi connectivity index (χ1v) is 4.77. The highest BCUT2D eigenvalue weighted by Crippen LogP contribution is 2.26. The Balaban J connectivity index is 2.26. The van der Waals surface area contributed by atoms with Gasteiger partial charge in [-0.1, -0.05) is 17.3 Å². The molecule has 1 aromatic carbocycles. The number of ether oxygens (including phenoxy) is 1. The molecule has 5 nitrogen and oxygen atoms in total. The van der Waals surface area contributed by atoms with Gasteiger partial charge in [0.25, 0.3) is 5.89 Å². The summed E-state index contributed by atoms with van der Waals surface area (Å²) in [4.78, 5) is 3.77. The molecule has 2 rings (SSSR count). The van der Waals surface area contributed by atoms with Crippen LogP contribution in [0.3, 0.4) is 0 Å². The maximum absolute atomic E-state index is 12.0. The molecule has 0 aliphatic heterocycles. The number of aliphatic hydroxyl groups excluding tert-OH is 1. The molecular weight excluding hydrogens is 253 g/mol. The number of benzene rings is 1. The van der Waals surface area contributed by atoms with E-state index in [1.54, 1.807) is 0 Å². The van der Waals surface area contributed by atoms with Crippen LogP contribution in [0.2, 0.25) is 0 Å². The molecular formula is C10H7F3N2O3. The van der Waals surface area contributed by atoms with Crippen LogP contribution in [0.1, 0.15) is 5.89 Å². The number of rotatable bonds is 3. The molecule has 0 atom stereocenters. The topological polar surface area (TPSA) is 68.4 Å². The van der Waals surface area contributed by atoms with Gasteiger partial charge in [-0.05, 0) is 12.1 Å². The van der Waals surface area contributed by atoms with E-state index in [9.17, 15) is 13.2 Å². The molecule has 2 aromatic rings. The van der Waals surface area contributed by atoms with Gasteiger partial charge >= 0.3 is 6.36 Å². The molecule has 0 amide bonds. The van der Waals surface area contributed by atoms with E-state index in [1.165, 1.54) is 12.1 Å². The van der Waals surface area contributed by atoms with Crippen molar-refractivity contribution in [3.8, 4) is 17.1 Å². The summed E-state index contributed by atoms with van der Waals surface area (Å²) in [5, 5.41) is 12.2. The molecule has 8 heteroatoms. The van der Waals surface area contributed by atoms with Crippen molar-refractivity contribution in [3.63, 3.8) is 0 Å². The van der Waals surface area contributed by atoms with E-state index in [-0.39, 0.29) is 17.5 Å². The molecule has 0 saturated heterocycles.